The third-order valence-electron chi connectivity index (χ3n) is 5.61. The van der Waals surface area contributed by atoms with Gasteiger partial charge in [0, 0.05) is 31.0 Å². The van der Waals surface area contributed by atoms with Crippen LogP contribution in [-0.4, -0.2) is 98.0 Å². The smallest absolute Gasteiger partial charge is 0.486 e. The van der Waals surface area contributed by atoms with E-state index < -0.39 is 36.4 Å². The Balaban J connectivity index is 0.000000396. The second-order valence-corrected chi connectivity index (χ2v) is 8.97. The van der Waals surface area contributed by atoms with Gasteiger partial charge < -0.3 is 24.8 Å². The number of nitrogens with zero attached hydrogens (tertiary/aromatic N) is 3. The van der Waals surface area contributed by atoms with Crippen molar-refractivity contribution in [1.82, 2.24) is 14.9 Å². The standard InChI is InChI=1S/C19H23N3O2.3C2HF3O2/c1-14-4-2-5-15(21-14)13-22-10-11-23-19-17(22)7-8-18(19)24-16-6-3-9-20-12-16;3*3-2(4,5)1(6)7/h2-6,9,12,17-19H,7-8,10-11,13H2,1H3;3*(H,6,7)/t17-,18-,19+;;;/m0.../s1. The van der Waals surface area contributed by atoms with Crippen LogP contribution in [0, 0.1) is 6.92 Å². The van der Waals surface area contributed by atoms with Crippen molar-refractivity contribution in [2.75, 3.05) is 13.2 Å². The third-order valence-corrected chi connectivity index (χ3v) is 5.61. The Morgan fingerprint density at radius 3 is 1.87 bits per heavy atom. The number of halogens is 9. The van der Waals surface area contributed by atoms with Crippen molar-refractivity contribution in [2.24, 2.45) is 0 Å². The molecule has 4 rings (SSSR count). The quantitative estimate of drug-likeness (QED) is 0.395. The van der Waals surface area contributed by atoms with Crippen LogP contribution in [0.25, 0.3) is 0 Å². The molecular formula is C25H26F9N3O8. The molecule has 2 fully saturated rings. The second kappa shape index (κ2) is 16.8. The van der Waals surface area contributed by atoms with Gasteiger partial charge in [0.15, 0.2) is 0 Å². The van der Waals surface area contributed by atoms with Gasteiger partial charge in [-0.25, -0.2) is 14.4 Å². The van der Waals surface area contributed by atoms with Gasteiger partial charge in [0.05, 0.1) is 18.5 Å². The monoisotopic (exact) mass is 667 g/mol. The number of morpholine rings is 1. The van der Waals surface area contributed by atoms with E-state index in [0.29, 0.717) is 6.04 Å². The van der Waals surface area contributed by atoms with E-state index in [1.807, 2.05) is 25.1 Å². The van der Waals surface area contributed by atoms with Crippen molar-refractivity contribution in [2.45, 2.75) is 63.1 Å². The topological polar surface area (TPSA) is 159 Å². The maximum Gasteiger partial charge on any atom is 0.490 e. The molecule has 2 aliphatic rings. The molecule has 1 aliphatic carbocycles. The molecule has 2 aromatic heterocycles. The summed E-state index contributed by atoms with van der Waals surface area (Å²) in [5, 5.41) is 21.4. The molecule has 2 aromatic rings. The van der Waals surface area contributed by atoms with Crippen LogP contribution >= 0.6 is 0 Å². The number of aliphatic carboxylic acids is 3. The fourth-order valence-corrected chi connectivity index (χ4v) is 3.80. The highest BCUT2D eigenvalue weighted by Gasteiger charge is 2.44. The minimum Gasteiger partial charge on any atom is -0.486 e. The number of alkyl halides is 9. The van der Waals surface area contributed by atoms with Gasteiger partial charge in [-0.3, -0.25) is 14.9 Å². The van der Waals surface area contributed by atoms with E-state index >= 15 is 0 Å². The normalized spacial score (nSPS) is 19.6. The number of carboxylic acids is 3. The summed E-state index contributed by atoms with van der Waals surface area (Å²) in [7, 11) is 0. The zero-order chi connectivity index (χ0) is 34.6. The maximum absolute atomic E-state index is 10.6. The van der Waals surface area contributed by atoms with Crippen LogP contribution in [0.4, 0.5) is 39.5 Å². The first kappa shape index (κ1) is 38.8. The summed E-state index contributed by atoms with van der Waals surface area (Å²) in [5.41, 5.74) is 2.20. The Bertz CT molecular complexity index is 1190. The lowest BCUT2D eigenvalue weighted by Gasteiger charge is -2.38. The summed E-state index contributed by atoms with van der Waals surface area (Å²) in [6.45, 7) is 4.63. The van der Waals surface area contributed by atoms with Crippen molar-refractivity contribution in [1.29, 1.82) is 0 Å². The Hall–Kier alpha value is -4.20. The van der Waals surface area contributed by atoms with Gasteiger partial charge in [-0.1, -0.05) is 6.07 Å². The molecule has 0 aromatic carbocycles. The number of hydrogen-bond acceptors (Lipinski definition) is 8. The molecule has 45 heavy (non-hydrogen) atoms. The number of carboxylic acid groups (broad SMARTS) is 3. The Morgan fingerprint density at radius 2 is 1.42 bits per heavy atom. The highest BCUT2D eigenvalue weighted by molar-refractivity contribution is 5.73. The highest BCUT2D eigenvalue weighted by atomic mass is 19.4. The lowest BCUT2D eigenvalue weighted by molar-refractivity contribution is -0.193. The third kappa shape index (κ3) is 14.4. The Kier molecular flexibility index (Phi) is 14.5. The van der Waals surface area contributed by atoms with E-state index in [-0.39, 0.29) is 12.2 Å². The van der Waals surface area contributed by atoms with Crippen LogP contribution in [-0.2, 0) is 25.7 Å². The summed E-state index contributed by atoms with van der Waals surface area (Å²) >= 11 is 0. The summed E-state index contributed by atoms with van der Waals surface area (Å²) in [6.07, 6.45) is -9.37. The van der Waals surface area contributed by atoms with Gasteiger partial charge in [0.2, 0.25) is 0 Å². The van der Waals surface area contributed by atoms with Crippen LogP contribution in [0.2, 0.25) is 0 Å². The largest absolute Gasteiger partial charge is 0.490 e. The number of pyridine rings is 2. The van der Waals surface area contributed by atoms with E-state index in [2.05, 4.69) is 27.0 Å². The zero-order valence-electron chi connectivity index (χ0n) is 22.9. The number of aromatic nitrogens is 2. The molecule has 0 amide bonds. The van der Waals surface area contributed by atoms with Gasteiger partial charge in [-0.15, -0.1) is 0 Å². The molecule has 1 saturated carbocycles. The zero-order valence-corrected chi connectivity index (χ0v) is 22.9. The molecule has 0 radical (unpaired) electrons. The molecule has 11 nitrogen and oxygen atoms in total. The van der Waals surface area contributed by atoms with Crippen molar-refractivity contribution in [3.8, 4) is 5.75 Å². The molecule has 0 spiro atoms. The Morgan fingerprint density at radius 1 is 0.889 bits per heavy atom. The summed E-state index contributed by atoms with van der Waals surface area (Å²) in [6, 6.07) is 10.5. The molecule has 1 aliphatic heterocycles. The van der Waals surface area contributed by atoms with Crippen molar-refractivity contribution < 1.29 is 78.7 Å². The summed E-state index contributed by atoms with van der Waals surface area (Å²) < 4.78 is 107. The minimum atomic E-state index is -5.08. The predicted octanol–water partition coefficient (Wildman–Crippen LogP) is 4.50. The first-order valence-corrected chi connectivity index (χ1v) is 12.4. The number of aryl methyl sites for hydroxylation is 1. The van der Waals surface area contributed by atoms with Crippen LogP contribution < -0.4 is 4.74 Å². The molecule has 0 bridgehead atoms. The van der Waals surface area contributed by atoms with Crippen LogP contribution in [0.3, 0.4) is 0 Å². The van der Waals surface area contributed by atoms with E-state index in [0.717, 1.165) is 49.7 Å². The van der Waals surface area contributed by atoms with E-state index in [4.69, 9.17) is 39.2 Å². The van der Waals surface area contributed by atoms with Gasteiger partial charge in [0.25, 0.3) is 0 Å². The van der Waals surface area contributed by atoms with Gasteiger partial charge in [0.1, 0.15) is 18.0 Å². The average molecular weight is 667 g/mol. The fourth-order valence-electron chi connectivity index (χ4n) is 3.80. The minimum absolute atomic E-state index is 0.104. The van der Waals surface area contributed by atoms with Crippen molar-refractivity contribution >= 4 is 17.9 Å². The number of rotatable bonds is 4. The number of hydrogen-bond donors (Lipinski definition) is 3. The summed E-state index contributed by atoms with van der Waals surface area (Å²) in [4.78, 5) is 38.0. The lowest BCUT2D eigenvalue weighted by atomic mass is 10.1. The first-order chi connectivity index (χ1) is 20.6. The average Bonchev–Trinajstić information content (AvgIpc) is 3.32. The fraction of sp³-hybridized carbons (Fsp3) is 0.480. The SMILES string of the molecule is Cc1cccc(CN2CCO[C@H]3[C@@H](Oc4cccnc4)CC[C@@H]32)n1.O=C(O)C(F)(F)F.O=C(O)C(F)(F)F.O=C(O)C(F)(F)F. The number of ether oxygens (including phenoxy) is 2. The molecule has 3 atom stereocenters. The van der Waals surface area contributed by atoms with Crippen molar-refractivity contribution in [3.63, 3.8) is 0 Å². The van der Waals surface area contributed by atoms with Crippen LogP contribution in [0.1, 0.15) is 24.2 Å². The van der Waals surface area contributed by atoms with Gasteiger partial charge >= 0.3 is 36.4 Å². The number of fused-ring (bicyclic) bond motifs is 1. The molecule has 3 N–H and O–H groups in total. The highest BCUT2D eigenvalue weighted by Crippen LogP contribution is 2.33. The van der Waals surface area contributed by atoms with Gasteiger partial charge in [-0.2, -0.15) is 39.5 Å². The molecule has 252 valence electrons. The molecule has 20 heteroatoms. The molecular weight excluding hydrogens is 641 g/mol. The Labute approximate surface area is 248 Å². The summed E-state index contributed by atoms with van der Waals surface area (Å²) in [5.74, 6) is -7.45. The first-order valence-electron chi connectivity index (χ1n) is 12.4. The van der Waals surface area contributed by atoms with Crippen LogP contribution in [0.5, 0.6) is 5.75 Å². The molecule has 1 saturated heterocycles. The maximum atomic E-state index is 10.6. The van der Waals surface area contributed by atoms with E-state index in [1.54, 1.807) is 12.4 Å². The van der Waals surface area contributed by atoms with E-state index in [9.17, 15) is 39.5 Å². The van der Waals surface area contributed by atoms with Crippen LogP contribution in [0.15, 0.2) is 42.7 Å². The van der Waals surface area contributed by atoms with E-state index in [1.165, 1.54) is 0 Å². The second-order valence-electron chi connectivity index (χ2n) is 8.97. The number of carbonyl (C=O) groups is 3. The van der Waals surface area contributed by atoms with Gasteiger partial charge in [-0.05, 0) is 44.0 Å². The molecule has 3 heterocycles. The predicted molar refractivity (Wildman–Crippen MR) is 132 cm³/mol. The van der Waals surface area contributed by atoms with Crippen molar-refractivity contribution in [3.05, 3.63) is 54.1 Å². The lowest BCUT2D eigenvalue weighted by Crippen LogP contribution is -2.51. The molecule has 0 unspecified atom stereocenters.